The van der Waals surface area contributed by atoms with E-state index in [-0.39, 0.29) is 5.82 Å². The Morgan fingerprint density at radius 3 is 3.09 bits per heavy atom. The number of rotatable bonds is 2. The Morgan fingerprint density at radius 1 is 1.82 bits per heavy atom. The Bertz CT molecular complexity index is 256. The fourth-order valence-electron chi connectivity index (χ4n) is 0.736. The maximum atomic E-state index is 10.9. The minimum Gasteiger partial charge on any atom is -0.463 e. The van der Waals surface area contributed by atoms with E-state index in [9.17, 15) is 4.79 Å². The van der Waals surface area contributed by atoms with E-state index >= 15 is 0 Å². The molecule has 5 heteroatoms. The fraction of sp³-hybridized carbons (Fsp3) is 0.500. The number of ether oxygens (including phenoxy) is 1. The van der Waals surface area contributed by atoms with Crippen LogP contribution in [0.3, 0.4) is 0 Å². The molecule has 1 aromatic heterocycles. The van der Waals surface area contributed by atoms with Crippen molar-refractivity contribution < 1.29 is 9.53 Å². The van der Waals surface area contributed by atoms with Gasteiger partial charge in [-0.15, -0.1) is 10.2 Å². The van der Waals surface area contributed by atoms with Gasteiger partial charge in [0.2, 0.25) is 5.82 Å². The molecule has 5 nitrogen and oxygen atoms in total. The van der Waals surface area contributed by atoms with E-state index in [1.54, 1.807) is 4.57 Å². The SMILES string of the molecule is CCn1cnnc1C(=O)OC. The monoisotopic (exact) mass is 155 g/mol. The number of methoxy groups -OCH3 is 1. The van der Waals surface area contributed by atoms with Crippen LogP contribution in [0.5, 0.6) is 0 Å². The van der Waals surface area contributed by atoms with E-state index in [4.69, 9.17) is 0 Å². The van der Waals surface area contributed by atoms with E-state index < -0.39 is 5.97 Å². The maximum absolute atomic E-state index is 10.9. The Hall–Kier alpha value is -1.39. The van der Waals surface area contributed by atoms with Gasteiger partial charge >= 0.3 is 5.97 Å². The third kappa shape index (κ3) is 1.36. The van der Waals surface area contributed by atoms with Crippen LogP contribution < -0.4 is 0 Å². The van der Waals surface area contributed by atoms with Gasteiger partial charge in [0.1, 0.15) is 6.33 Å². The second-order valence-corrected chi connectivity index (χ2v) is 1.93. The first kappa shape index (κ1) is 7.71. The lowest BCUT2D eigenvalue weighted by Crippen LogP contribution is -2.10. The topological polar surface area (TPSA) is 57.0 Å². The largest absolute Gasteiger partial charge is 0.463 e. The van der Waals surface area contributed by atoms with Crippen molar-refractivity contribution >= 4 is 5.97 Å². The molecule has 0 saturated heterocycles. The summed E-state index contributed by atoms with van der Waals surface area (Å²) in [5, 5.41) is 7.17. The highest BCUT2D eigenvalue weighted by atomic mass is 16.5. The van der Waals surface area contributed by atoms with Crippen LogP contribution in [0.1, 0.15) is 17.5 Å². The first-order chi connectivity index (χ1) is 5.29. The summed E-state index contributed by atoms with van der Waals surface area (Å²) in [6.07, 6.45) is 1.49. The number of carbonyl (C=O) groups excluding carboxylic acids is 1. The highest BCUT2D eigenvalue weighted by Gasteiger charge is 2.11. The molecule has 0 radical (unpaired) electrons. The first-order valence-electron chi connectivity index (χ1n) is 3.25. The minimum atomic E-state index is -0.454. The number of esters is 1. The molecule has 0 fully saturated rings. The normalized spacial score (nSPS) is 9.64. The molecule has 0 atom stereocenters. The van der Waals surface area contributed by atoms with Gasteiger partial charge in [-0.3, -0.25) is 0 Å². The van der Waals surface area contributed by atoms with Gasteiger partial charge in [0.25, 0.3) is 0 Å². The minimum absolute atomic E-state index is 0.245. The molecule has 0 amide bonds. The maximum Gasteiger partial charge on any atom is 0.376 e. The van der Waals surface area contributed by atoms with Crippen LogP contribution in [0.2, 0.25) is 0 Å². The lowest BCUT2D eigenvalue weighted by molar-refractivity contribution is 0.0581. The molecule has 0 N–H and O–H groups in total. The van der Waals surface area contributed by atoms with Crippen LogP contribution in [0.15, 0.2) is 6.33 Å². The number of nitrogens with zero attached hydrogens (tertiary/aromatic N) is 3. The molecule has 0 aromatic carbocycles. The summed E-state index contributed by atoms with van der Waals surface area (Å²) in [5.41, 5.74) is 0. The molecule has 60 valence electrons. The summed E-state index contributed by atoms with van der Waals surface area (Å²) in [6, 6.07) is 0. The van der Waals surface area contributed by atoms with Gasteiger partial charge in [-0.1, -0.05) is 0 Å². The molecule has 0 unspecified atom stereocenters. The summed E-state index contributed by atoms with van der Waals surface area (Å²) in [4.78, 5) is 10.9. The molecule has 1 aromatic rings. The number of hydrogen-bond acceptors (Lipinski definition) is 4. The van der Waals surface area contributed by atoms with Crippen molar-refractivity contribution in [2.24, 2.45) is 0 Å². The number of aromatic nitrogens is 3. The lowest BCUT2D eigenvalue weighted by atomic mass is 10.6. The number of aryl methyl sites for hydroxylation is 1. The smallest absolute Gasteiger partial charge is 0.376 e. The predicted octanol–water partition coefficient (Wildman–Crippen LogP) is 0.0846. The second-order valence-electron chi connectivity index (χ2n) is 1.93. The van der Waals surface area contributed by atoms with Crippen molar-refractivity contribution in [2.45, 2.75) is 13.5 Å². The highest BCUT2D eigenvalue weighted by molar-refractivity contribution is 5.85. The Morgan fingerprint density at radius 2 is 2.55 bits per heavy atom. The zero-order chi connectivity index (χ0) is 8.27. The summed E-state index contributed by atoms with van der Waals surface area (Å²) in [7, 11) is 1.32. The average molecular weight is 155 g/mol. The quantitative estimate of drug-likeness (QED) is 0.568. The predicted molar refractivity (Wildman–Crippen MR) is 37.0 cm³/mol. The van der Waals surface area contributed by atoms with E-state index in [2.05, 4.69) is 14.9 Å². The molecule has 0 aliphatic heterocycles. The average Bonchev–Trinajstić information content (AvgIpc) is 2.50. The Labute approximate surface area is 64.0 Å². The van der Waals surface area contributed by atoms with Crippen molar-refractivity contribution in [3.8, 4) is 0 Å². The van der Waals surface area contributed by atoms with Gasteiger partial charge in [-0.25, -0.2) is 4.79 Å². The van der Waals surface area contributed by atoms with Gasteiger partial charge in [0.05, 0.1) is 7.11 Å². The first-order valence-corrected chi connectivity index (χ1v) is 3.25. The van der Waals surface area contributed by atoms with Crippen molar-refractivity contribution in [1.82, 2.24) is 14.8 Å². The molecule has 0 saturated carbocycles. The summed E-state index contributed by atoms with van der Waals surface area (Å²) in [6.45, 7) is 2.56. The third-order valence-corrected chi connectivity index (χ3v) is 1.32. The molecule has 1 rings (SSSR count). The standard InChI is InChI=1S/C6H9N3O2/c1-3-9-4-7-8-5(9)6(10)11-2/h4H,3H2,1-2H3. The molecule has 0 bridgehead atoms. The summed E-state index contributed by atoms with van der Waals surface area (Å²) in [5.74, 6) is -0.209. The van der Waals surface area contributed by atoms with Gasteiger partial charge in [-0.2, -0.15) is 0 Å². The van der Waals surface area contributed by atoms with Crippen LogP contribution in [-0.4, -0.2) is 27.8 Å². The zero-order valence-corrected chi connectivity index (χ0v) is 6.44. The molecule has 0 spiro atoms. The Kier molecular flexibility index (Phi) is 2.20. The van der Waals surface area contributed by atoms with Crippen molar-refractivity contribution in [2.75, 3.05) is 7.11 Å². The van der Waals surface area contributed by atoms with Crippen LogP contribution in [-0.2, 0) is 11.3 Å². The van der Waals surface area contributed by atoms with Crippen LogP contribution in [0.4, 0.5) is 0 Å². The highest BCUT2D eigenvalue weighted by Crippen LogP contribution is 1.95. The molecule has 11 heavy (non-hydrogen) atoms. The summed E-state index contributed by atoms with van der Waals surface area (Å²) < 4.78 is 6.09. The van der Waals surface area contributed by atoms with Gasteiger partial charge in [-0.05, 0) is 6.92 Å². The molecular formula is C6H9N3O2. The summed E-state index contributed by atoms with van der Waals surface area (Å²) >= 11 is 0. The van der Waals surface area contributed by atoms with Crippen LogP contribution >= 0.6 is 0 Å². The van der Waals surface area contributed by atoms with Gasteiger partial charge in [0, 0.05) is 6.54 Å². The van der Waals surface area contributed by atoms with Crippen molar-refractivity contribution in [3.05, 3.63) is 12.2 Å². The third-order valence-electron chi connectivity index (χ3n) is 1.32. The van der Waals surface area contributed by atoms with E-state index in [1.807, 2.05) is 6.92 Å². The number of carbonyl (C=O) groups is 1. The fourth-order valence-corrected chi connectivity index (χ4v) is 0.736. The van der Waals surface area contributed by atoms with Crippen molar-refractivity contribution in [3.63, 3.8) is 0 Å². The lowest BCUT2D eigenvalue weighted by Gasteiger charge is -1.98. The van der Waals surface area contributed by atoms with Crippen molar-refractivity contribution in [1.29, 1.82) is 0 Å². The molecule has 0 aliphatic rings. The van der Waals surface area contributed by atoms with E-state index in [0.29, 0.717) is 6.54 Å². The van der Waals surface area contributed by atoms with Crippen LogP contribution in [0, 0.1) is 0 Å². The van der Waals surface area contributed by atoms with E-state index in [1.165, 1.54) is 13.4 Å². The molecule has 0 aliphatic carbocycles. The van der Waals surface area contributed by atoms with Gasteiger partial charge in [0.15, 0.2) is 0 Å². The zero-order valence-electron chi connectivity index (χ0n) is 6.44. The van der Waals surface area contributed by atoms with Crippen LogP contribution in [0.25, 0.3) is 0 Å². The Balaban J connectivity index is 2.92. The second kappa shape index (κ2) is 3.14. The molecule has 1 heterocycles. The van der Waals surface area contributed by atoms with E-state index in [0.717, 1.165) is 0 Å². The van der Waals surface area contributed by atoms with Gasteiger partial charge < -0.3 is 9.30 Å². The molecular weight excluding hydrogens is 146 g/mol. The number of hydrogen-bond donors (Lipinski definition) is 0.